The first-order valence-corrected chi connectivity index (χ1v) is 11.3. The van der Waals surface area contributed by atoms with Gasteiger partial charge in [-0.2, -0.15) is 0 Å². The molecule has 0 bridgehead atoms. The number of ether oxygens (including phenoxy) is 5. The van der Waals surface area contributed by atoms with Gasteiger partial charge in [0.2, 0.25) is 0 Å². The molecule has 0 aliphatic heterocycles. The van der Waals surface area contributed by atoms with Gasteiger partial charge in [-0.1, -0.05) is 42.5 Å². The molecule has 0 fully saturated rings. The molecule has 4 rings (SSSR count). The monoisotopic (exact) mass is 464 g/mol. The Bertz CT molecular complexity index is 1130. The number of methoxy groups -OCH3 is 2. The maximum atomic E-state index is 15.0. The van der Waals surface area contributed by atoms with Crippen LogP contribution in [0.4, 0.5) is 4.39 Å². The summed E-state index contributed by atoms with van der Waals surface area (Å²) >= 11 is 0. The van der Waals surface area contributed by atoms with Gasteiger partial charge < -0.3 is 23.7 Å². The first-order chi connectivity index (χ1) is 16.7. The molecule has 0 radical (unpaired) electrons. The summed E-state index contributed by atoms with van der Waals surface area (Å²) < 4.78 is 42.5. The van der Waals surface area contributed by atoms with E-state index in [0.29, 0.717) is 24.5 Å². The minimum atomic E-state index is -0.423. The Morgan fingerprint density at radius 1 is 0.853 bits per heavy atom. The summed E-state index contributed by atoms with van der Waals surface area (Å²) in [5.41, 5.74) is 4.78. The van der Waals surface area contributed by atoms with Crippen LogP contribution in [0.3, 0.4) is 0 Å². The molecule has 3 aromatic carbocycles. The highest BCUT2D eigenvalue weighted by Crippen LogP contribution is 2.40. The second-order valence-corrected chi connectivity index (χ2v) is 7.90. The van der Waals surface area contributed by atoms with Crippen LogP contribution in [-0.2, 0) is 22.5 Å². The van der Waals surface area contributed by atoms with Crippen LogP contribution in [0.25, 0.3) is 5.57 Å². The number of aryl methyl sites for hydroxylation is 1. The zero-order valence-electron chi connectivity index (χ0n) is 19.5. The molecule has 0 saturated carbocycles. The van der Waals surface area contributed by atoms with Crippen LogP contribution in [0.15, 0.2) is 66.7 Å². The number of fused-ring (bicyclic) bond motifs is 1. The Morgan fingerprint density at radius 3 is 2.50 bits per heavy atom. The Morgan fingerprint density at radius 2 is 1.71 bits per heavy atom. The molecule has 34 heavy (non-hydrogen) atoms. The summed E-state index contributed by atoms with van der Waals surface area (Å²) in [6.45, 7) is 1.44. The number of hydrogen-bond donors (Lipinski definition) is 0. The SMILES string of the molecule is COCCOCOc1ccc2c(c1)CCC=C2c1cc(F)c(OCc2ccccc2)cc1OC. The molecule has 0 saturated heterocycles. The second kappa shape index (κ2) is 11.7. The third-order valence-electron chi connectivity index (χ3n) is 5.65. The first-order valence-electron chi connectivity index (χ1n) is 11.3. The highest BCUT2D eigenvalue weighted by atomic mass is 19.1. The lowest BCUT2D eigenvalue weighted by molar-refractivity contribution is -0.00850. The number of halogens is 1. The summed E-state index contributed by atoms with van der Waals surface area (Å²) in [5, 5.41) is 0. The Hall–Kier alpha value is -3.35. The van der Waals surface area contributed by atoms with Gasteiger partial charge in [0.05, 0.1) is 20.3 Å². The van der Waals surface area contributed by atoms with Crippen molar-refractivity contribution in [3.05, 3.63) is 94.8 Å². The lowest BCUT2D eigenvalue weighted by Crippen LogP contribution is -2.09. The van der Waals surface area contributed by atoms with E-state index in [1.165, 1.54) is 6.07 Å². The lowest BCUT2D eigenvalue weighted by atomic mass is 9.86. The number of allylic oxidation sites excluding steroid dienone is 1. The van der Waals surface area contributed by atoms with Crippen molar-refractivity contribution < 1.29 is 28.1 Å². The van der Waals surface area contributed by atoms with E-state index < -0.39 is 5.82 Å². The lowest BCUT2D eigenvalue weighted by Gasteiger charge is -2.21. The molecule has 1 aliphatic carbocycles. The number of rotatable bonds is 11. The van der Waals surface area contributed by atoms with Gasteiger partial charge in [-0.15, -0.1) is 0 Å². The largest absolute Gasteiger partial charge is 0.496 e. The summed E-state index contributed by atoms with van der Waals surface area (Å²) in [4.78, 5) is 0. The van der Waals surface area contributed by atoms with Gasteiger partial charge >= 0.3 is 0 Å². The number of benzene rings is 3. The second-order valence-electron chi connectivity index (χ2n) is 7.90. The molecule has 178 valence electrons. The molecule has 0 atom stereocenters. The van der Waals surface area contributed by atoms with E-state index in [4.69, 9.17) is 23.7 Å². The molecule has 6 heteroatoms. The maximum absolute atomic E-state index is 15.0. The average molecular weight is 465 g/mol. The highest BCUT2D eigenvalue weighted by molar-refractivity contribution is 5.86. The molecule has 0 N–H and O–H groups in total. The zero-order chi connectivity index (χ0) is 23.8. The minimum absolute atomic E-state index is 0.161. The molecule has 5 nitrogen and oxygen atoms in total. The Balaban J connectivity index is 1.52. The molecule has 0 aromatic heterocycles. The van der Waals surface area contributed by atoms with Gasteiger partial charge in [0.25, 0.3) is 0 Å². The summed E-state index contributed by atoms with van der Waals surface area (Å²) in [6, 6.07) is 18.7. The summed E-state index contributed by atoms with van der Waals surface area (Å²) in [5.74, 6) is 1.04. The third-order valence-corrected chi connectivity index (χ3v) is 5.65. The smallest absolute Gasteiger partial charge is 0.189 e. The average Bonchev–Trinajstić information content (AvgIpc) is 2.88. The van der Waals surface area contributed by atoms with Crippen LogP contribution in [0.2, 0.25) is 0 Å². The Kier molecular flexibility index (Phi) is 8.17. The van der Waals surface area contributed by atoms with Gasteiger partial charge in [-0.3, -0.25) is 0 Å². The molecule has 3 aromatic rings. The van der Waals surface area contributed by atoms with Crippen LogP contribution < -0.4 is 14.2 Å². The maximum Gasteiger partial charge on any atom is 0.189 e. The van der Waals surface area contributed by atoms with Crippen molar-refractivity contribution in [2.45, 2.75) is 19.4 Å². The van der Waals surface area contributed by atoms with Crippen LogP contribution in [0, 0.1) is 5.82 Å². The summed E-state index contributed by atoms with van der Waals surface area (Å²) in [7, 11) is 3.22. The normalized spacial score (nSPS) is 12.6. The molecule has 0 unspecified atom stereocenters. The van der Waals surface area contributed by atoms with E-state index in [2.05, 4.69) is 6.08 Å². The van der Waals surface area contributed by atoms with Crippen molar-refractivity contribution in [3.63, 3.8) is 0 Å². The molecule has 0 amide bonds. The van der Waals surface area contributed by atoms with E-state index in [-0.39, 0.29) is 19.1 Å². The predicted octanol–water partition coefficient (Wildman–Crippen LogP) is 5.79. The fourth-order valence-electron chi connectivity index (χ4n) is 3.94. The van der Waals surface area contributed by atoms with E-state index in [1.54, 1.807) is 20.3 Å². The van der Waals surface area contributed by atoms with Crippen LogP contribution >= 0.6 is 0 Å². The fourth-order valence-corrected chi connectivity index (χ4v) is 3.94. The Labute approximate surface area is 199 Å². The van der Waals surface area contributed by atoms with Crippen molar-refractivity contribution in [2.75, 3.05) is 34.2 Å². The van der Waals surface area contributed by atoms with Gasteiger partial charge in [0.1, 0.15) is 18.1 Å². The quantitative estimate of drug-likeness (QED) is 0.266. The first kappa shape index (κ1) is 23.8. The van der Waals surface area contributed by atoms with E-state index in [0.717, 1.165) is 40.9 Å². The van der Waals surface area contributed by atoms with Crippen molar-refractivity contribution in [2.24, 2.45) is 0 Å². The van der Waals surface area contributed by atoms with Crippen molar-refractivity contribution in [1.82, 2.24) is 0 Å². The summed E-state index contributed by atoms with van der Waals surface area (Å²) in [6.07, 6.45) is 3.84. The van der Waals surface area contributed by atoms with Gasteiger partial charge in [0.15, 0.2) is 18.4 Å². The van der Waals surface area contributed by atoms with Crippen molar-refractivity contribution in [1.29, 1.82) is 0 Å². The highest BCUT2D eigenvalue weighted by Gasteiger charge is 2.21. The molecule has 0 heterocycles. The van der Waals surface area contributed by atoms with Crippen LogP contribution in [-0.4, -0.2) is 34.2 Å². The molecule has 0 spiro atoms. The van der Waals surface area contributed by atoms with Crippen molar-refractivity contribution in [3.8, 4) is 17.2 Å². The van der Waals surface area contributed by atoms with E-state index in [1.807, 2.05) is 48.5 Å². The molecule has 1 aliphatic rings. The van der Waals surface area contributed by atoms with Gasteiger partial charge in [0, 0.05) is 18.7 Å². The van der Waals surface area contributed by atoms with Crippen LogP contribution in [0.1, 0.15) is 28.7 Å². The topological polar surface area (TPSA) is 46.2 Å². The predicted molar refractivity (Wildman–Crippen MR) is 129 cm³/mol. The van der Waals surface area contributed by atoms with E-state index in [9.17, 15) is 0 Å². The standard InChI is InChI=1S/C28H29FO5/c1-30-13-14-32-19-34-22-11-12-23-21(15-22)9-6-10-24(23)25-16-26(29)28(17-27(25)31-2)33-18-20-7-4-3-5-8-20/h3-5,7-8,10-12,15-17H,6,9,13-14,18-19H2,1-2H3. The minimum Gasteiger partial charge on any atom is -0.496 e. The molecular formula is C28H29FO5. The van der Waals surface area contributed by atoms with Crippen molar-refractivity contribution >= 4 is 5.57 Å². The van der Waals surface area contributed by atoms with E-state index >= 15 is 4.39 Å². The third kappa shape index (κ3) is 5.76. The number of hydrogen-bond acceptors (Lipinski definition) is 5. The molecular weight excluding hydrogens is 435 g/mol. The van der Waals surface area contributed by atoms with Gasteiger partial charge in [-0.25, -0.2) is 4.39 Å². The zero-order valence-corrected chi connectivity index (χ0v) is 19.5. The van der Waals surface area contributed by atoms with Gasteiger partial charge in [-0.05, 0) is 53.3 Å². The van der Waals surface area contributed by atoms with Crippen LogP contribution in [0.5, 0.6) is 17.2 Å². The fraction of sp³-hybridized carbons (Fsp3) is 0.286.